The molecule has 0 bridgehead atoms. The summed E-state index contributed by atoms with van der Waals surface area (Å²) in [5, 5.41) is 0. The van der Waals surface area contributed by atoms with Crippen LogP contribution < -0.4 is 10.9 Å². The summed E-state index contributed by atoms with van der Waals surface area (Å²) in [6, 6.07) is 42.4. The summed E-state index contributed by atoms with van der Waals surface area (Å²) in [5.41, 5.74) is 8.08. The van der Waals surface area contributed by atoms with Crippen LogP contribution in [0.3, 0.4) is 0 Å². The topological polar surface area (TPSA) is 38.7 Å². The number of benzene rings is 5. The molecule has 0 unspecified atom stereocenters. The molecule has 0 aliphatic heterocycles. The maximum Gasteiger partial charge on any atom is 0.164 e. The molecule has 0 N–H and O–H groups in total. The molecule has 1 aromatic heterocycles. The number of hydrogen-bond acceptors (Lipinski definition) is 3. The molecular formula is C33H21B2N3. The van der Waals surface area contributed by atoms with Crippen LogP contribution in [0, 0.1) is 0 Å². The third-order valence-corrected chi connectivity index (χ3v) is 6.33. The second-order valence-corrected chi connectivity index (χ2v) is 9.09. The molecular weight excluding hydrogens is 460 g/mol. The van der Waals surface area contributed by atoms with Crippen molar-refractivity contribution in [1.29, 1.82) is 0 Å². The van der Waals surface area contributed by atoms with E-state index in [1.165, 1.54) is 0 Å². The predicted molar refractivity (Wildman–Crippen MR) is 158 cm³/mol. The third kappa shape index (κ3) is 5.05. The highest BCUT2D eigenvalue weighted by molar-refractivity contribution is 6.38. The number of nitrogens with zero attached hydrogens (tertiary/aromatic N) is 3. The van der Waals surface area contributed by atoms with Gasteiger partial charge in [-0.15, -0.1) is 0 Å². The normalized spacial score (nSPS) is 10.8. The lowest BCUT2D eigenvalue weighted by molar-refractivity contribution is 1.07. The summed E-state index contributed by atoms with van der Waals surface area (Å²) in [6.45, 7) is 0. The smallest absolute Gasteiger partial charge is 0.164 e. The van der Waals surface area contributed by atoms with Crippen molar-refractivity contribution in [3.8, 4) is 56.4 Å². The van der Waals surface area contributed by atoms with Crippen molar-refractivity contribution >= 4 is 26.6 Å². The monoisotopic (exact) mass is 481 g/mol. The van der Waals surface area contributed by atoms with Gasteiger partial charge in [-0.1, -0.05) is 126 Å². The molecule has 0 atom stereocenters. The molecule has 6 aromatic rings. The maximum absolute atomic E-state index is 6.11. The third-order valence-electron chi connectivity index (χ3n) is 6.33. The summed E-state index contributed by atoms with van der Waals surface area (Å²) >= 11 is 0. The lowest BCUT2D eigenvalue weighted by atomic mass is 9.85. The van der Waals surface area contributed by atoms with Crippen LogP contribution in [0.4, 0.5) is 0 Å². The van der Waals surface area contributed by atoms with Gasteiger partial charge in [-0.2, -0.15) is 0 Å². The van der Waals surface area contributed by atoms with E-state index in [0.717, 1.165) is 38.9 Å². The van der Waals surface area contributed by atoms with Crippen LogP contribution >= 0.6 is 0 Å². The second-order valence-electron chi connectivity index (χ2n) is 9.09. The Labute approximate surface area is 225 Å². The molecule has 0 fully saturated rings. The van der Waals surface area contributed by atoms with Gasteiger partial charge in [0.1, 0.15) is 15.7 Å². The van der Waals surface area contributed by atoms with Gasteiger partial charge in [0.2, 0.25) is 0 Å². The summed E-state index contributed by atoms with van der Waals surface area (Å²) < 4.78 is 0. The molecule has 0 aliphatic rings. The van der Waals surface area contributed by atoms with E-state index >= 15 is 0 Å². The molecule has 3 nitrogen and oxygen atoms in total. The van der Waals surface area contributed by atoms with E-state index < -0.39 is 0 Å². The quantitative estimate of drug-likeness (QED) is 0.293. The molecule has 0 saturated heterocycles. The Morgan fingerprint density at radius 1 is 0.316 bits per heavy atom. The second kappa shape index (κ2) is 10.3. The fourth-order valence-electron chi connectivity index (χ4n) is 4.51. The number of aromatic nitrogens is 3. The number of rotatable bonds is 5. The summed E-state index contributed by atoms with van der Waals surface area (Å²) in [6.07, 6.45) is 0. The van der Waals surface area contributed by atoms with E-state index in [2.05, 4.69) is 48.5 Å². The minimum Gasteiger partial charge on any atom is -0.208 e. The maximum atomic E-state index is 6.11. The Bertz CT molecular complexity index is 1610. The number of hydrogen-bond donors (Lipinski definition) is 0. The molecule has 5 aromatic carbocycles. The van der Waals surface area contributed by atoms with Crippen LogP contribution in [0.2, 0.25) is 0 Å². The van der Waals surface area contributed by atoms with Gasteiger partial charge in [0, 0.05) is 16.7 Å². The highest BCUT2D eigenvalue weighted by Crippen LogP contribution is 2.29. The standard InChI is InChI=1S/C33H21B2N3/c34-29-19-28(20-30(35)21-29)33-37-31(26-15-7-13-24(17-26)22-9-3-1-4-10-22)36-32(38-33)27-16-8-14-25(18-27)23-11-5-2-6-12-23/h1-21H. The molecule has 0 aliphatic carbocycles. The predicted octanol–water partition coefficient (Wildman–Crippen LogP) is 5.79. The molecule has 4 radical (unpaired) electrons. The minimum absolute atomic E-state index is 0.513. The minimum atomic E-state index is 0.513. The van der Waals surface area contributed by atoms with Gasteiger partial charge in [0.25, 0.3) is 0 Å². The van der Waals surface area contributed by atoms with Gasteiger partial charge in [-0.3, -0.25) is 0 Å². The lowest BCUT2D eigenvalue weighted by Gasteiger charge is -2.11. The van der Waals surface area contributed by atoms with Crippen molar-refractivity contribution in [2.75, 3.05) is 0 Å². The van der Waals surface area contributed by atoms with Crippen LogP contribution in [0.15, 0.2) is 127 Å². The Morgan fingerprint density at radius 3 is 1.13 bits per heavy atom. The first-order valence-corrected chi connectivity index (χ1v) is 12.4. The van der Waals surface area contributed by atoms with Crippen LogP contribution in [0.5, 0.6) is 0 Å². The molecule has 174 valence electrons. The zero-order chi connectivity index (χ0) is 25.9. The highest BCUT2D eigenvalue weighted by Gasteiger charge is 2.14. The van der Waals surface area contributed by atoms with E-state index in [1.54, 1.807) is 6.07 Å². The van der Waals surface area contributed by atoms with Crippen molar-refractivity contribution in [1.82, 2.24) is 15.0 Å². The van der Waals surface area contributed by atoms with E-state index in [1.807, 2.05) is 72.8 Å². The zero-order valence-electron chi connectivity index (χ0n) is 20.6. The summed E-state index contributed by atoms with van der Waals surface area (Å²) in [7, 11) is 12.2. The lowest BCUT2D eigenvalue weighted by Crippen LogP contribution is -2.14. The molecule has 1 heterocycles. The van der Waals surface area contributed by atoms with Gasteiger partial charge in [0.15, 0.2) is 17.5 Å². The van der Waals surface area contributed by atoms with Gasteiger partial charge in [-0.05, 0) is 34.4 Å². The van der Waals surface area contributed by atoms with Crippen molar-refractivity contribution in [2.24, 2.45) is 0 Å². The van der Waals surface area contributed by atoms with Crippen molar-refractivity contribution < 1.29 is 0 Å². The molecule has 6 rings (SSSR count). The Kier molecular flexibility index (Phi) is 6.41. The van der Waals surface area contributed by atoms with Crippen molar-refractivity contribution in [3.63, 3.8) is 0 Å². The van der Waals surface area contributed by atoms with Crippen LogP contribution in [0.1, 0.15) is 0 Å². The van der Waals surface area contributed by atoms with E-state index in [4.69, 9.17) is 30.6 Å². The first-order valence-electron chi connectivity index (χ1n) is 12.4. The Balaban J connectivity index is 1.52. The van der Waals surface area contributed by atoms with Crippen molar-refractivity contribution in [3.05, 3.63) is 127 Å². The molecule has 0 spiro atoms. The largest absolute Gasteiger partial charge is 0.208 e. The average Bonchev–Trinajstić information content (AvgIpc) is 2.97. The first-order chi connectivity index (χ1) is 18.6. The van der Waals surface area contributed by atoms with E-state index in [9.17, 15) is 0 Å². The van der Waals surface area contributed by atoms with E-state index in [0.29, 0.717) is 28.4 Å². The fourth-order valence-corrected chi connectivity index (χ4v) is 4.51. The Hall–Kier alpha value is -4.76. The Morgan fingerprint density at radius 2 is 0.684 bits per heavy atom. The molecule has 38 heavy (non-hydrogen) atoms. The van der Waals surface area contributed by atoms with Gasteiger partial charge >= 0.3 is 0 Å². The first kappa shape index (κ1) is 23.6. The molecule has 0 amide bonds. The van der Waals surface area contributed by atoms with Crippen molar-refractivity contribution in [2.45, 2.75) is 0 Å². The summed E-state index contributed by atoms with van der Waals surface area (Å²) in [5.74, 6) is 1.67. The highest BCUT2D eigenvalue weighted by atomic mass is 15.0. The molecule has 5 heteroatoms. The van der Waals surface area contributed by atoms with Gasteiger partial charge < -0.3 is 0 Å². The average molecular weight is 481 g/mol. The van der Waals surface area contributed by atoms with Gasteiger partial charge in [-0.25, -0.2) is 15.0 Å². The molecule has 0 saturated carbocycles. The zero-order valence-corrected chi connectivity index (χ0v) is 20.6. The van der Waals surface area contributed by atoms with Crippen LogP contribution in [-0.2, 0) is 0 Å². The van der Waals surface area contributed by atoms with Crippen LogP contribution in [-0.4, -0.2) is 30.6 Å². The van der Waals surface area contributed by atoms with Gasteiger partial charge in [0.05, 0.1) is 0 Å². The van der Waals surface area contributed by atoms with Crippen LogP contribution in [0.25, 0.3) is 56.4 Å². The summed E-state index contributed by atoms with van der Waals surface area (Å²) in [4.78, 5) is 14.7. The fraction of sp³-hybridized carbons (Fsp3) is 0. The van der Waals surface area contributed by atoms with E-state index in [-0.39, 0.29) is 0 Å². The SMILES string of the molecule is [B]c1cc([B])cc(-c2nc(-c3cccc(-c4ccccc4)c3)nc(-c3cccc(-c4ccccc4)c3)n2)c1.